The molecule has 0 saturated carbocycles. The number of rotatable bonds is 2. The lowest BCUT2D eigenvalue weighted by Gasteiger charge is -2.06. The van der Waals surface area contributed by atoms with Crippen LogP contribution in [0.4, 0.5) is 13.2 Å². The summed E-state index contributed by atoms with van der Waals surface area (Å²) in [7, 11) is 0.793. The molecule has 0 saturated heterocycles. The zero-order valence-corrected chi connectivity index (χ0v) is 11.8. The number of aromatic nitrogens is 2. The summed E-state index contributed by atoms with van der Waals surface area (Å²) in [6.07, 6.45) is 0. The Hall–Kier alpha value is -2.05. The molecule has 1 aromatic carbocycles. The van der Waals surface area contributed by atoms with Crippen LogP contribution in [0, 0.1) is 35.7 Å². The fraction of sp³-hybridized carbons (Fsp3) is 0.0909. The van der Waals surface area contributed by atoms with Crippen molar-refractivity contribution >= 4 is 19.7 Å². The highest BCUT2D eigenvalue weighted by atomic mass is 35.7. The summed E-state index contributed by atoms with van der Waals surface area (Å²) in [5, 5.41) is 11.9. The van der Waals surface area contributed by atoms with Gasteiger partial charge < -0.3 is 0 Å². The molecule has 0 bridgehead atoms. The van der Waals surface area contributed by atoms with Gasteiger partial charge in [-0.3, -0.25) is 0 Å². The maximum atomic E-state index is 13.2. The Morgan fingerprint density at radius 1 is 1.29 bits per heavy atom. The van der Waals surface area contributed by atoms with E-state index in [2.05, 4.69) is 5.10 Å². The minimum atomic E-state index is -4.43. The second-order valence-electron chi connectivity index (χ2n) is 3.95. The van der Waals surface area contributed by atoms with E-state index in [0.29, 0.717) is 16.8 Å². The van der Waals surface area contributed by atoms with Crippen molar-refractivity contribution < 1.29 is 21.6 Å². The van der Waals surface area contributed by atoms with Crippen molar-refractivity contribution in [1.29, 1.82) is 5.26 Å². The topological polar surface area (TPSA) is 75.8 Å². The first kappa shape index (κ1) is 15.3. The average Bonchev–Trinajstić information content (AvgIpc) is 2.72. The van der Waals surface area contributed by atoms with E-state index < -0.39 is 37.2 Å². The Morgan fingerprint density at radius 3 is 2.24 bits per heavy atom. The highest BCUT2D eigenvalue weighted by Gasteiger charge is 2.27. The van der Waals surface area contributed by atoms with E-state index in [-0.39, 0.29) is 11.3 Å². The smallest absolute Gasteiger partial charge is 0.219 e. The van der Waals surface area contributed by atoms with Gasteiger partial charge in [-0.1, -0.05) is 0 Å². The summed E-state index contributed by atoms with van der Waals surface area (Å²) in [5.41, 5.74) is -0.799. The van der Waals surface area contributed by atoms with E-state index in [1.54, 1.807) is 6.07 Å². The first-order valence-corrected chi connectivity index (χ1v) is 7.57. The summed E-state index contributed by atoms with van der Waals surface area (Å²) in [6, 6.07) is 2.67. The highest BCUT2D eigenvalue weighted by molar-refractivity contribution is 8.13. The molecule has 2 rings (SSSR count). The molecular formula is C11H5ClF3N3O2S. The Labute approximate surface area is 121 Å². The standard InChI is InChI=1S/C11H5ClF3N3O2S/c1-5-7(4-16)11(21(12,19)20)18(17-5)6-2-8(13)10(15)9(14)3-6/h2-3H,1H3. The molecule has 5 nitrogen and oxygen atoms in total. The molecule has 0 spiro atoms. The minimum Gasteiger partial charge on any atom is -0.219 e. The molecule has 0 aliphatic carbocycles. The zero-order chi connectivity index (χ0) is 15.9. The molecule has 0 atom stereocenters. The van der Waals surface area contributed by atoms with Gasteiger partial charge in [-0.25, -0.2) is 26.3 Å². The van der Waals surface area contributed by atoms with Crippen molar-refractivity contribution in [1.82, 2.24) is 9.78 Å². The van der Waals surface area contributed by atoms with E-state index in [0.717, 1.165) is 0 Å². The summed E-state index contributed by atoms with van der Waals surface area (Å²) in [5.74, 6) is -4.78. The first-order valence-electron chi connectivity index (χ1n) is 5.26. The third-order valence-corrected chi connectivity index (χ3v) is 3.85. The molecule has 0 aliphatic rings. The number of benzene rings is 1. The van der Waals surface area contributed by atoms with Gasteiger partial charge >= 0.3 is 0 Å². The molecule has 10 heteroatoms. The van der Waals surface area contributed by atoms with Gasteiger partial charge in [0, 0.05) is 22.8 Å². The Kier molecular flexibility index (Phi) is 3.69. The number of hydrogen-bond donors (Lipinski definition) is 0. The van der Waals surface area contributed by atoms with Crippen LogP contribution in [0.3, 0.4) is 0 Å². The first-order chi connectivity index (χ1) is 9.66. The molecule has 0 amide bonds. The molecular weight excluding hydrogens is 331 g/mol. The Balaban J connectivity index is 2.86. The van der Waals surface area contributed by atoms with Gasteiger partial charge in [-0.05, 0) is 6.92 Å². The fourth-order valence-electron chi connectivity index (χ4n) is 1.70. The Morgan fingerprint density at radius 2 is 1.81 bits per heavy atom. The molecule has 0 N–H and O–H groups in total. The van der Waals surface area contributed by atoms with Crippen LogP contribution in [-0.4, -0.2) is 18.2 Å². The second kappa shape index (κ2) is 5.05. The lowest BCUT2D eigenvalue weighted by atomic mass is 10.3. The van der Waals surface area contributed by atoms with Crippen molar-refractivity contribution in [2.24, 2.45) is 0 Å². The number of nitrogens with zero attached hydrogens (tertiary/aromatic N) is 3. The molecule has 1 heterocycles. The summed E-state index contributed by atoms with van der Waals surface area (Å²) in [6.45, 7) is 1.32. The molecule has 1 aromatic heterocycles. The molecule has 0 fully saturated rings. The van der Waals surface area contributed by atoms with Gasteiger partial charge in [0.05, 0.1) is 11.4 Å². The summed E-state index contributed by atoms with van der Waals surface area (Å²) < 4.78 is 63.1. The maximum Gasteiger partial charge on any atom is 0.280 e. The van der Waals surface area contributed by atoms with Crippen LogP contribution >= 0.6 is 10.7 Å². The molecule has 21 heavy (non-hydrogen) atoms. The SMILES string of the molecule is Cc1nn(-c2cc(F)c(F)c(F)c2)c(S(=O)(=O)Cl)c1C#N. The van der Waals surface area contributed by atoms with Gasteiger partial charge in [-0.2, -0.15) is 10.4 Å². The van der Waals surface area contributed by atoms with Gasteiger partial charge in [0.25, 0.3) is 9.05 Å². The fourth-order valence-corrected chi connectivity index (χ4v) is 2.92. The second-order valence-corrected chi connectivity index (χ2v) is 6.43. The highest BCUT2D eigenvalue weighted by Crippen LogP contribution is 2.27. The summed E-state index contributed by atoms with van der Waals surface area (Å²) in [4.78, 5) is 0. The average molecular weight is 336 g/mol. The van der Waals surface area contributed by atoms with Crippen molar-refractivity contribution in [3.05, 3.63) is 40.8 Å². The van der Waals surface area contributed by atoms with Crippen molar-refractivity contribution in [2.75, 3.05) is 0 Å². The largest absolute Gasteiger partial charge is 0.280 e. The van der Waals surface area contributed by atoms with E-state index in [9.17, 15) is 21.6 Å². The van der Waals surface area contributed by atoms with Gasteiger partial charge in [0.2, 0.25) is 0 Å². The number of aryl methyl sites for hydroxylation is 1. The van der Waals surface area contributed by atoms with Gasteiger partial charge in [-0.15, -0.1) is 0 Å². The third kappa shape index (κ3) is 2.59. The van der Waals surface area contributed by atoms with E-state index in [4.69, 9.17) is 15.9 Å². The molecule has 0 aliphatic heterocycles. The van der Waals surface area contributed by atoms with Crippen LogP contribution in [0.25, 0.3) is 5.69 Å². The third-order valence-electron chi connectivity index (χ3n) is 2.57. The molecule has 110 valence electrons. The van der Waals surface area contributed by atoms with Crippen molar-refractivity contribution in [3.63, 3.8) is 0 Å². The van der Waals surface area contributed by atoms with Crippen molar-refractivity contribution in [3.8, 4) is 11.8 Å². The predicted octanol–water partition coefficient (Wildman–Crippen LogP) is 2.40. The number of hydrogen-bond acceptors (Lipinski definition) is 4. The Bertz CT molecular complexity index is 864. The minimum absolute atomic E-state index is 0.0122. The van der Waals surface area contributed by atoms with E-state index in [1.165, 1.54) is 6.92 Å². The van der Waals surface area contributed by atoms with Crippen molar-refractivity contribution in [2.45, 2.75) is 11.9 Å². The molecule has 0 unspecified atom stereocenters. The molecule has 0 radical (unpaired) electrons. The van der Waals surface area contributed by atoms with Crippen LogP contribution < -0.4 is 0 Å². The van der Waals surface area contributed by atoms with Crippen LogP contribution in [-0.2, 0) is 9.05 Å². The van der Waals surface area contributed by atoms with Crippen LogP contribution in [0.15, 0.2) is 17.2 Å². The van der Waals surface area contributed by atoms with Crippen LogP contribution in [0.2, 0.25) is 0 Å². The number of nitriles is 1. The normalized spacial score (nSPS) is 11.4. The van der Waals surface area contributed by atoms with Crippen LogP contribution in [0.5, 0.6) is 0 Å². The van der Waals surface area contributed by atoms with Crippen LogP contribution in [0.1, 0.15) is 11.3 Å². The maximum absolute atomic E-state index is 13.2. The van der Waals surface area contributed by atoms with E-state index >= 15 is 0 Å². The quantitative estimate of drug-likeness (QED) is 0.624. The lowest BCUT2D eigenvalue weighted by molar-refractivity contribution is 0.445. The van der Waals surface area contributed by atoms with Gasteiger partial charge in [0.15, 0.2) is 22.5 Å². The predicted molar refractivity (Wildman–Crippen MR) is 65.9 cm³/mol. The zero-order valence-electron chi connectivity index (χ0n) is 10.2. The monoisotopic (exact) mass is 335 g/mol. The lowest BCUT2D eigenvalue weighted by Crippen LogP contribution is -2.07. The number of halogens is 4. The summed E-state index contributed by atoms with van der Waals surface area (Å²) >= 11 is 0. The van der Waals surface area contributed by atoms with Gasteiger partial charge in [0.1, 0.15) is 11.6 Å². The van der Waals surface area contributed by atoms with E-state index in [1.807, 2.05) is 0 Å². The molecule has 2 aromatic rings.